The summed E-state index contributed by atoms with van der Waals surface area (Å²) < 4.78 is 5.39. The van der Waals surface area contributed by atoms with Gasteiger partial charge < -0.3 is 4.74 Å². The lowest BCUT2D eigenvalue weighted by atomic mass is 10.1. The van der Waals surface area contributed by atoms with Gasteiger partial charge in [0.15, 0.2) is 0 Å². The van der Waals surface area contributed by atoms with Crippen molar-refractivity contribution in [2.45, 2.75) is 47.0 Å². The molecule has 1 heteroatoms. The second kappa shape index (κ2) is 6.26. The number of hydrogen-bond acceptors (Lipinski definition) is 1. The van der Waals surface area contributed by atoms with Crippen LogP contribution in [0.5, 0.6) is 0 Å². The van der Waals surface area contributed by atoms with E-state index in [1.165, 1.54) is 24.2 Å². The maximum Gasteiger partial charge on any atom is 0.0950 e. The van der Waals surface area contributed by atoms with E-state index in [1.807, 2.05) is 13.8 Å². The zero-order valence-electron chi connectivity index (χ0n) is 8.24. The van der Waals surface area contributed by atoms with Crippen LogP contribution in [-0.2, 0) is 4.74 Å². The Labute approximate surface area is 70.4 Å². The number of rotatable bonds is 2. The highest BCUT2D eigenvalue weighted by Crippen LogP contribution is 2.23. The van der Waals surface area contributed by atoms with Crippen LogP contribution in [0.3, 0.4) is 0 Å². The van der Waals surface area contributed by atoms with Gasteiger partial charge in [0.2, 0.25) is 0 Å². The van der Waals surface area contributed by atoms with Gasteiger partial charge in [-0.05, 0) is 12.0 Å². The first-order chi connectivity index (χ1) is 5.38. The van der Waals surface area contributed by atoms with Crippen molar-refractivity contribution in [1.82, 2.24) is 0 Å². The minimum atomic E-state index is 0.923. The molecule has 0 amide bonds. The predicted octanol–water partition coefficient (Wildman–Crippen LogP) is 3.51. The maximum absolute atomic E-state index is 5.39. The third kappa shape index (κ3) is 2.96. The molecular weight excluding hydrogens is 136 g/mol. The van der Waals surface area contributed by atoms with Crippen LogP contribution in [0.2, 0.25) is 0 Å². The van der Waals surface area contributed by atoms with Crippen LogP contribution in [0.15, 0.2) is 11.3 Å². The molecule has 0 bridgehead atoms. The zero-order chi connectivity index (χ0) is 8.69. The Bertz CT molecular complexity index is 111. The first kappa shape index (κ1) is 10.5. The molecule has 66 valence electrons. The van der Waals surface area contributed by atoms with Crippen LogP contribution in [0, 0.1) is 0 Å². The minimum absolute atomic E-state index is 0.923. The Hall–Kier alpha value is -0.460. The monoisotopic (exact) mass is 156 g/mol. The summed E-state index contributed by atoms with van der Waals surface area (Å²) in [4.78, 5) is 0. The summed E-state index contributed by atoms with van der Waals surface area (Å²) >= 11 is 0. The van der Waals surface area contributed by atoms with Crippen molar-refractivity contribution in [2.24, 2.45) is 0 Å². The van der Waals surface area contributed by atoms with Crippen molar-refractivity contribution in [3.63, 3.8) is 0 Å². The lowest BCUT2D eigenvalue weighted by Gasteiger charge is -1.99. The SMILES string of the molecule is CC.CCC1=C(CC)OCC1. The molecule has 0 spiro atoms. The van der Waals surface area contributed by atoms with E-state index in [4.69, 9.17) is 4.74 Å². The van der Waals surface area contributed by atoms with Gasteiger partial charge in [-0.1, -0.05) is 27.7 Å². The summed E-state index contributed by atoms with van der Waals surface area (Å²) in [7, 11) is 0. The Morgan fingerprint density at radius 1 is 1.18 bits per heavy atom. The molecule has 1 rings (SSSR count). The van der Waals surface area contributed by atoms with Crippen LogP contribution in [0.4, 0.5) is 0 Å². The molecular formula is C10H20O. The number of allylic oxidation sites excluding steroid dienone is 1. The number of ether oxygens (including phenoxy) is 1. The summed E-state index contributed by atoms with van der Waals surface area (Å²) in [5, 5.41) is 0. The molecule has 0 aromatic rings. The summed E-state index contributed by atoms with van der Waals surface area (Å²) in [6.07, 6.45) is 3.41. The van der Waals surface area contributed by atoms with Crippen molar-refractivity contribution in [1.29, 1.82) is 0 Å². The molecule has 0 saturated carbocycles. The van der Waals surface area contributed by atoms with Gasteiger partial charge in [-0.2, -0.15) is 0 Å². The van der Waals surface area contributed by atoms with Gasteiger partial charge in [0.25, 0.3) is 0 Å². The maximum atomic E-state index is 5.39. The van der Waals surface area contributed by atoms with Crippen LogP contribution in [-0.4, -0.2) is 6.61 Å². The average Bonchev–Trinajstić information content (AvgIpc) is 2.54. The molecule has 0 aromatic carbocycles. The topological polar surface area (TPSA) is 9.23 Å². The van der Waals surface area contributed by atoms with Crippen molar-refractivity contribution in [2.75, 3.05) is 6.61 Å². The molecule has 11 heavy (non-hydrogen) atoms. The molecule has 0 aliphatic carbocycles. The highest BCUT2D eigenvalue weighted by molar-refractivity contribution is 5.11. The van der Waals surface area contributed by atoms with E-state index in [-0.39, 0.29) is 0 Å². The van der Waals surface area contributed by atoms with E-state index in [9.17, 15) is 0 Å². The van der Waals surface area contributed by atoms with Gasteiger partial charge in [0.05, 0.1) is 12.4 Å². The van der Waals surface area contributed by atoms with Crippen LogP contribution < -0.4 is 0 Å². The fourth-order valence-electron chi connectivity index (χ4n) is 1.26. The molecule has 0 atom stereocenters. The standard InChI is InChI=1S/C8H14O.C2H6/c1-3-7-5-6-9-8(7)4-2;1-2/h3-6H2,1-2H3;1-2H3. The van der Waals surface area contributed by atoms with Gasteiger partial charge in [0, 0.05) is 12.8 Å². The molecule has 1 aliphatic heterocycles. The summed E-state index contributed by atoms with van der Waals surface area (Å²) in [5.41, 5.74) is 1.53. The van der Waals surface area contributed by atoms with Crippen LogP contribution in [0.25, 0.3) is 0 Å². The van der Waals surface area contributed by atoms with E-state index in [0.29, 0.717) is 0 Å². The Morgan fingerprint density at radius 3 is 2.18 bits per heavy atom. The van der Waals surface area contributed by atoms with Gasteiger partial charge in [0.1, 0.15) is 0 Å². The fraction of sp³-hybridized carbons (Fsp3) is 0.800. The van der Waals surface area contributed by atoms with E-state index in [0.717, 1.165) is 13.0 Å². The van der Waals surface area contributed by atoms with Crippen molar-refractivity contribution in [3.8, 4) is 0 Å². The lowest BCUT2D eigenvalue weighted by molar-refractivity contribution is 0.236. The second-order valence-corrected chi connectivity index (χ2v) is 2.33. The van der Waals surface area contributed by atoms with Crippen LogP contribution in [0.1, 0.15) is 47.0 Å². The quantitative estimate of drug-likeness (QED) is 0.594. The molecule has 0 aromatic heterocycles. The van der Waals surface area contributed by atoms with E-state index in [2.05, 4.69) is 13.8 Å². The van der Waals surface area contributed by atoms with Gasteiger partial charge in [-0.15, -0.1) is 0 Å². The summed E-state index contributed by atoms with van der Waals surface area (Å²) in [5.74, 6) is 1.25. The van der Waals surface area contributed by atoms with E-state index < -0.39 is 0 Å². The minimum Gasteiger partial charge on any atom is -0.498 e. The van der Waals surface area contributed by atoms with E-state index in [1.54, 1.807) is 0 Å². The molecule has 0 radical (unpaired) electrons. The average molecular weight is 156 g/mol. The molecule has 1 aliphatic rings. The third-order valence-corrected chi connectivity index (χ3v) is 1.82. The molecule has 0 fully saturated rings. The fourth-order valence-corrected chi connectivity index (χ4v) is 1.26. The molecule has 1 heterocycles. The first-order valence-corrected chi connectivity index (χ1v) is 4.72. The van der Waals surface area contributed by atoms with E-state index >= 15 is 0 Å². The molecule has 0 saturated heterocycles. The van der Waals surface area contributed by atoms with Crippen molar-refractivity contribution >= 4 is 0 Å². The van der Waals surface area contributed by atoms with Gasteiger partial charge in [-0.25, -0.2) is 0 Å². The normalized spacial score (nSPS) is 15.6. The number of hydrogen-bond donors (Lipinski definition) is 0. The Kier molecular flexibility index (Phi) is 6.00. The predicted molar refractivity (Wildman–Crippen MR) is 49.5 cm³/mol. The molecule has 1 nitrogen and oxygen atoms in total. The molecule has 0 unspecified atom stereocenters. The summed E-state index contributed by atoms with van der Waals surface area (Å²) in [6, 6.07) is 0. The summed E-state index contributed by atoms with van der Waals surface area (Å²) in [6.45, 7) is 9.27. The highest BCUT2D eigenvalue weighted by Gasteiger charge is 2.11. The Balaban J connectivity index is 0.000000461. The van der Waals surface area contributed by atoms with Crippen LogP contribution >= 0.6 is 0 Å². The Morgan fingerprint density at radius 2 is 1.82 bits per heavy atom. The lowest BCUT2D eigenvalue weighted by Crippen LogP contribution is -1.81. The second-order valence-electron chi connectivity index (χ2n) is 2.33. The van der Waals surface area contributed by atoms with Gasteiger partial charge >= 0.3 is 0 Å². The zero-order valence-corrected chi connectivity index (χ0v) is 8.24. The smallest absolute Gasteiger partial charge is 0.0950 e. The van der Waals surface area contributed by atoms with Gasteiger partial charge in [-0.3, -0.25) is 0 Å². The first-order valence-electron chi connectivity index (χ1n) is 4.72. The largest absolute Gasteiger partial charge is 0.498 e. The van der Waals surface area contributed by atoms with Crippen molar-refractivity contribution in [3.05, 3.63) is 11.3 Å². The van der Waals surface area contributed by atoms with Crippen molar-refractivity contribution < 1.29 is 4.74 Å². The third-order valence-electron chi connectivity index (χ3n) is 1.82. The molecule has 0 N–H and O–H groups in total. The highest BCUT2D eigenvalue weighted by atomic mass is 16.5.